The molecule has 7 nitrogen and oxygen atoms in total. The zero-order chi connectivity index (χ0) is 24.8. The first-order valence-corrected chi connectivity index (χ1v) is 11.9. The third-order valence-electron chi connectivity index (χ3n) is 7.27. The molecular weight excluding hydrogens is 447 g/mol. The third kappa shape index (κ3) is 5.12. The molecule has 0 bridgehead atoms. The molecule has 5 rings (SSSR count). The summed E-state index contributed by atoms with van der Waals surface area (Å²) in [6.07, 6.45) is 1.95. The fourth-order valence-corrected chi connectivity index (χ4v) is 5.10. The van der Waals surface area contributed by atoms with E-state index in [-0.39, 0.29) is 35.8 Å². The third-order valence-corrected chi connectivity index (χ3v) is 7.27. The molecule has 2 heterocycles. The van der Waals surface area contributed by atoms with Gasteiger partial charge in [0.1, 0.15) is 12.1 Å². The SMILES string of the molecule is [2H]C1(N2CC(NC(=O)CNc3ncnc4ccc(C(F)(F)F)cc34)C2)CCC([C@@H](O)C2CC2)CC1. The van der Waals surface area contributed by atoms with Gasteiger partial charge in [0, 0.05) is 25.9 Å². The zero-order valence-corrected chi connectivity index (χ0v) is 18.8. The Bertz CT molecular complexity index is 1080. The number of aliphatic hydroxyl groups excluding tert-OH is 1. The summed E-state index contributed by atoms with van der Waals surface area (Å²) in [4.78, 5) is 22.5. The molecule has 3 N–H and O–H groups in total. The maximum atomic E-state index is 13.1. The lowest BCUT2D eigenvalue weighted by atomic mass is 9.80. The Kier molecular flexibility index (Phi) is 6.02. The van der Waals surface area contributed by atoms with Crippen LogP contribution in [0, 0.1) is 11.8 Å². The summed E-state index contributed by atoms with van der Waals surface area (Å²) in [6, 6.07) is 2.51. The molecule has 2 aliphatic carbocycles. The summed E-state index contributed by atoms with van der Waals surface area (Å²) in [5.41, 5.74) is -0.451. The molecule has 1 saturated heterocycles. The molecule has 1 aromatic carbocycles. The average Bonchev–Trinajstić information content (AvgIpc) is 3.64. The van der Waals surface area contributed by atoms with Gasteiger partial charge in [-0.2, -0.15) is 13.2 Å². The second kappa shape index (κ2) is 9.30. The molecule has 2 saturated carbocycles. The molecule has 184 valence electrons. The van der Waals surface area contributed by atoms with Crippen LogP contribution in [0.1, 0.15) is 45.5 Å². The fraction of sp³-hybridized carbons (Fsp3) is 0.625. The van der Waals surface area contributed by atoms with Crippen LogP contribution in [0.25, 0.3) is 10.9 Å². The highest BCUT2D eigenvalue weighted by Crippen LogP contribution is 2.41. The van der Waals surface area contributed by atoms with Crippen LogP contribution in [0.15, 0.2) is 24.5 Å². The number of nitrogens with one attached hydrogen (secondary N) is 2. The van der Waals surface area contributed by atoms with E-state index in [2.05, 4.69) is 25.5 Å². The number of fused-ring (bicyclic) bond motifs is 1. The molecule has 34 heavy (non-hydrogen) atoms. The number of aromatic nitrogens is 2. The highest BCUT2D eigenvalue weighted by molar-refractivity contribution is 5.91. The monoisotopic (exact) mass is 478 g/mol. The number of anilines is 1. The topological polar surface area (TPSA) is 90.4 Å². The van der Waals surface area contributed by atoms with Crippen LogP contribution in [0.2, 0.25) is 0 Å². The van der Waals surface area contributed by atoms with Gasteiger partial charge >= 0.3 is 6.18 Å². The Morgan fingerprint density at radius 1 is 1.15 bits per heavy atom. The van der Waals surface area contributed by atoms with E-state index in [1.165, 1.54) is 12.4 Å². The molecule has 1 aromatic heterocycles. The number of alkyl halides is 3. The van der Waals surface area contributed by atoms with Gasteiger partial charge in [-0.1, -0.05) is 0 Å². The van der Waals surface area contributed by atoms with Gasteiger partial charge in [0.2, 0.25) is 5.91 Å². The number of amides is 1. The van der Waals surface area contributed by atoms with E-state index in [0.29, 0.717) is 30.4 Å². The van der Waals surface area contributed by atoms with Gasteiger partial charge < -0.3 is 15.7 Å². The lowest BCUT2D eigenvalue weighted by molar-refractivity contribution is -0.137. The molecule has 3 aliphatic rings. The number of carbonyl (C=O) groups is 1. The number of nitrogens with zero attached hydrogens (tertiary/aromatic N) is 3. The second-order valence-electron chi connectivity index (χ2n) is 9.71. The van der Waals surface area contributed by atoms with Crippen molar-refractivity contribution < 1.29 is 24.4 Å². The molecule has 1 aliphatic heterocycles. The van der Waals surface area contributed by atoms with Gasteiger partial charge in [0.05, 0.1) is 29.8 Å². The van der Waals surface area contributed by atoms with E-state index in [9.17, 15) is 23.1 Å². The second-order valence-corrected chi connectivity index (χ2v) is 9.71. The standard InChI is InChI=1S/C24H30F3N5O2/c25-24(26,27)16-5-8-20-19(9-16)23(30-13-29-20)28-10-21(33)31-17-11-32(12-17)18-6-3-15(4-7-18)22(34)14-1-2-14/h5,8-9,13-15,17-18,22,34H,1-4,6-7,10-12H2,(H,31,33)(H,28,29,30)/t15?,18?,22-/m0/s1/i18D. The van der Waals surface area contributed by atoms with Crippen molar-refractivity contribution in [1.29, 1.82) is 0 Å². The number of rotatable bonds is 7. The van der Waals surface area contributed by atoms with E-state index in [1.807, 2.05) is 0 Å². The number of halogens is 3. The number of hydrogen-bond acceptors (Lipinski definition) is 6. The zero-order valence-electron chi connectivity index (χ0n) is 19.8. The van der Waals surface area contributed by atoms with E-state index in [0.717, 1.165) is 50.7 Å². The molecule has 0 spiro atoms. The summed E-state index contributed by atoms with van der Waals surface area (Å²) >= 11 is 0. The predicted molar refractivity (Wildman–Crippen MR) is 121 cm³/mol. The molecule has 10 heteroatoms. The van der Waals surface area contributed by atoms with Crippen molar-refractivity contribution in [2.24, 2.45) is 11.8 Å². The van der Waals surface area contributed by atoms with Crippen molar-refractivity contribution in [3.8, 4) is 0 Å². The Labute approximate surface area is 197 Å². The quantitative estimate of drug-likeness (QED) is 0.566. The predicted octanol–water partition coefficient (Wildman–Crippen LogP) is 3.19. The Morgan fingerprint density at radius 3 is 2.47 bits per heavy atom. The molecule has 3 fully saturated rings. The number of carbonyl (C=O) groups excluding carboxylic acids is 1. The summed E-state index contributed by atoms with van der Waals surface area (Å²) < 4.78 is 48.1. The first-order chi connectivity index (χ1) is 16.6. The minimum absolute atomic E-state index is 0.0692. The van der Waals surface area contributed by atoms with E-state index in [4.69, 9.17) is 1.37 Å². The highest BCUT2D eigenvalue weighted by atomic mass is 19.4. The molecule has 1 amide bonds. The van der Waals surface area contributed by atoms with Gasteiger partial charge in [-0.3, -0.25) is 9.69 Å². The number of aliphatic hydroxyl groups is 1. The van der Waals surface area contributed by atoms with Gasteiger partial charge in [0.25, 0.3) is 0 Å². The van der Waals surface area contributed by atoms with E-state index < -0.39 is 17.8 Å². The molecule has 0 radical (unpaired) electrons. The maximum Gasteiger partial charge on any atom is 0.416 e. The van der Waals surface area contributed by atoms with Crippen LogP contribution in [-0.2, 0) is 11.0 Å². The lowest BCUT2D eigenvalue weighted by Crippen LogP contribution is -2.63. The van der Waals surface area contributed by atoms with Crippen LogP contribution < -0.4 is 10.6 Å². The van der Waals surface area contributed by atoms with Gasteiger partial charge in [-0.25, -0.2) is 9.97 Å². The summed E-state index contributed by atoms with van der Waals surface area (Å²) in [5, 5.41) is 16.3. The van der Waals surface area contributed by atoms with Crippen molar-refractivity contribution >= 4 is 22.6 Å². The Morgan fingerprint density at radius 2 is 1.82 bits per heavy atom. The van der Waals surface area contributed by atoms with Crippen molar-refractivity contribution in [2.75, 3.05) is 25.0 Å². The fourth-order valence-electron chi connectivity index (χ4n) is 5.10. The van der Waals surface area contributed by atoms with Crippen LogP contribution in [0.5, 0.6) is 0 Å². The molecule has 1 atom stereocenters. The summed E-state index contributed by atoms with van der Waals surface area (Å²) in [6.45, 7) is 1.05. The Hall–Kier alpha value is -2.46. The highest BCUT2D eigenvalue weighted by Gasteiger charge is 2.40. The molecular formula is C24H30F3N5O2. The molecule has 0 unspecified atom stereocenters. The Balaban J connectivity index is 1.10. The average molecular weight is 479 g/mol. The van der Waals surface area contributed by atoms with Crippen LogP contribution in [-0.4, -0.2) is 63.7 Å². The van der Waals surface area contributed by atoms with E-state index >= 15 is 0 Å². The number of hydrogen-bond donors (Lipinski definition) is 3. The molecule has 2 aromatic rings. The largest absolute Gasteiger partial charge is 0.416 e. The van der Waals surface area contributed by atoms with Crippen LogP contribution in [0.3, 0.4) is 0 Å². The van der Waals surface area contributed by atoms with Crippen molar-refractivity contribution in [1.82, 2.24) is 20.2 Å². The van der Waals surface area contributed by atoms with Gasteiger partial charge in [0.15, 0.2) is 0 Å². The minimum Gasteiger partial charge on any atom is -0.393 e. The van der Waals surface area contributed by atoms with Crippen LogP contribution >= 0.6 is 0 Å². The van der Waals surface area contributed by atoms with Gasteiger partial charge in [-0.15, -0.1) is 0 Å². The maximum absolute atomic E-state index is 13.1. The number of benzene rings is 1. The van der Waals surface area contributed by atoms with Gasteiger partial charge in [-0.05, 0) is 68.6 Å². The minimum atomic E-state index is -4.49. The van der Waals surface area contributed by atoms with Crippen molar-refractivity contribution in [3.63, 3.8) is 0 Å². The normalized spacial score (nSPS) is 27.6. The number of likely N-dealkylation sites (tertiary alicyclic amines) is 1. The van der Waals surface area contributed by atoms with Crippen molar-refractivity contribution in [3.05, 3.63) is 30.1 Å². The summed E-state index contributed by atoms with van der Waals surface area (Å²) in [5.74, 6) is 0.641. The first kappa shape index (κ1) is 22.0. The summed E-state index contributed by atoms with van der Waals surface area (Å²) in [7, 11) is 0. The lowest BCUT2D eigenvalue weighted by Gasteiger charge is -2.47. The first-order valence-electron chi connectivity index (χ1n) is 12.4. The van der Waals surface area contributed by atoms with E-state index in [1.54, 1.807) is 0 Å². The van der Waals surface area contributed by atoms with Crippen LogP contribution in [0.4, 0.5) is 19.0 Å². The smallest absolute Gasteiger partial charge is 0.393 e. The van der Waals surface area contributed by atoms with Crippen molar-refractivity contribution in [2.45, 2.75) is 62.9 Å².